The van der Waals surface area contributed by atoms with Gasteiger partial charge in [-0.1, -0.05) is 22.9 Å². The summed E-state index contributed by atoms with van der Waals surface area (Å²) < 4.78 is 0. The molecular weight excluding hydrogens is 194 g/mol. The number of hydrogen-bond donors (Lipinski definition) is 1. The van der Waals surface area contributed by atoms with Crippen LogP contribution in [0.3, 0.4) is 0 Å². The summed E-state index contributed by atoms with van der Waals surface area (Å²) in [6.45, 7) is 0. The molecule has 12 heavy (non-hydrogen) atoms. The third-order valence-corrected chi connectivity index (χ3v) is 2.63. The first-order chi connectivity index (χ1) is 5.79. The SMILES string of the molecule is CNc1nc2ccc(Cl)nc2s1. The van der Waals surface area contributed by atoms with Crippen LogP contribution in [0.4, 0.5) is 5.13 Å². The number of nitrogens with one attached hydrogen (secondary N) is 1. The van der Waals surface area contributed by atoms with Crippen LogP contribution in [0.5, 0.6) is 0 Å². The Balaban J connectivity index is 2.67. The molecule has 0 amide bonds. The highest BCUT2D eigenvalue weighted by atomic mass is 35.5. The molecule has 0 spiro atoms. The molecule has 0 fully saturated rings. The van der Waals surface area contributed by atoms with Crippen LogP contribution in [0.25, 0.3) is 10.3 Å². The number of aromatic nitrogens is 2. The maximum atomic E-state index is 5.72. The number of hydrogen-bond acceptors (Lipinski definition) is 4. The number of thiazole rings is 1. The van der Waals surface area contributed by atoms with E-state index in [4.69, 9.17) is 11.6 Å². The first kappa shape index (κ1) is 7.76. The van der Waals surface area contributed by atoms with Crippen LogP contribution in [-0.2, 0) is 0 Å². The van der Waals surface area contributed by atoms with Gasteiger partial charge in [-0.15, -0.1) is 0 Å². The second kappa shape index (κ2) is 2.88. The molecule has 0 saturated heterocycles. The Morgan fingerprint density at radius 3 is 3.00 bits per heavy atom. The van der Waals surface area contributed by atoms with Crippen LogP contribution >= 0.6 is 22.9 Å². The second-order valence-corrected chi connectivity index (χ2v) is 3.59. The fourth-order valence-electron chi connectivity index (χ4n) is 0.901. The van der Waals surface area contributed by atoms with Gasteiger partial charge in [0.2, 0.25) is 0 Å². The molecule has 0 radical (unpaired) electrons. The zero-order chi connectivity index (χ0) is 8.55. The van der Waals surface area contributed by atoms with Crippen molar-refractivity contribution in [1.29, 1.82) is 0 Å². The van der Waals surface area contributed by atoms with Crippen molar-refractivity contribution in [3.63, 3.8) is 0 Å². The minimum absolute atomic E-state index is 0.508. The molecule has 2 aromatic rings. The van der Waals surface area contributed by atoms with Crippen molar-refractivity contribution in [3.8, 4) is 0 Å². The molecule has 1 N–H and O–H groups in total. The lowest BCUT2D eigenvalue weighted by atomic mass is 10.5. The van der Waals surface area contributed by atoms with Gasteiger partial charge in [0.05, 0.1) is 0 Å². The number of nitrogens with zero attached hydrogens (tertiary/aromatic N) is 2. The summed E-state index contributed by atoms with van der Waals surface area (Å²) in [5, 5.41) is 4.33. The molecule has 0 bridgehead atoms. The Hall–Kier alpha value is -0.870. The van der Waals surface area contributed by atoms with Gasteiger partial charge < -0.3 is 5.32 Å². The average Bonchev–Trinajstić information content (AvgIpc) is 2.46. The maximum absolute atomic E-state index is 5.72. The van der Waals surface area contributed by atoms with E-state index in [1.807, 2.05) is 13.1 Å². The van der Waals surface area contributed by atoms with Crippen LogP contribution in [0.2, 0.25) is 5.15 Å². The van der Waals surface area contributed by atoms with Gasteiger partial charge >= 0.3 is 0 Å². The van der Waals surface area contributed by atoms with Crippen molar-refractivity contribution in [1.82, 2.24) is 9.97 Å². The van der Waals surface area contributed by atoms with Gasteiger partial charge in [-0.25, -0.2) is 9.97 Å². The zero-order valence-electron chi connectivity index (χ0n) is 6.34. The number of halogens is 1. The molecule has 0 aliphatic heterocycles. The summed E-state index contributed by atoms with van der Waals surface area (Å²) in [7, 11) is 1.83. The molecule has 3 nitrogen and oxygen atoms in total. The molecular formula is C7H6ClN3S. The van der Waals surface area contributed by atoms with Crippen LogP contribution in [0.15, 0.2) is 12.1 Å². The van der Waals surface area contributed by atoms with Gasteiger partial charge in [0.1, 0.15) is 15.5 Å². The van der Waals surface area contributed by atoms with Crippen molar-refractivity contribution in [2.24, 2.45) is 0 Å². The zero-order valence-corrected chi connectivity index (χ0v) is 7.91. The quantitative estimate of drug-likeness (QED) is 0.717. The van der Waals surface area contributed by atoms with E-state index in [9.17, 15) is 0 Å². The number of rotatable bonds is 1. The monoisotopic (exact) mass is 199 g/mol. The van der Waals surface area contributed by atoms with Crippen molar-refractivity contribution < 1.29 is 0 Å². The Kier molecular flexibility index (Phi) is 1.86. The Bertz CT molecular complexity index is 412. The van der Waals surface area contributed by atoms with Gasteiger partial charge in [0.25, 0.3) is 0 Å². The van der Waals surface area contributed by atoms with Crippen molar-refractivity contribution >= 4 is 38.4 Å². The lowest BCUT2D eigenvalue weighted by molar-refractivity contribution is 1.38. The molecule has 2 aromatic heterocycles. The summed E-state index contributed by atoms with van der Waals surface area (Å²) in [5.41, 5.74) is 0.883. The molecule has 0 aliphatic carbocycles. The predicted octanol–water partition coefficient (Wildman–Crippen LogP) is 2.39. The first-order valence-electron chi connectivity index (χ1n) is 3.40. The summed E-state index contributed by atoms with van der Waals surface area (Å²) in [6, 6.07) is 3.60. The highest BCUT2D eigenvalue weighted by Crippen LogP contribution is 2.24. The Morgan fingerprint density at radius 1 is 1.42 bits per heavy atom. The minimum atomic E-state index is 0.508. The highest BCUT2D eigenvalue weighted by molar-refractivity contribution is 7.21. The summed E-state index contributed by atoms with van der Waals surface area (Å²) in [4.78, 5) is 9.25. The topological polar surface area (TPSA) is 37.8 Å². The van der Waals surface area contributed by atoms with E-state index >= 15 is 0 Å². The molecule has 0 atom stereocenters. The van der Waals surface area contributed by atoms with E-state index in [1.165, 1.54) is 11.3 Å². The molecule has 2 rings (SSSR count). The van der Waals surface area contributed by atoms with Crippen LogP contribution in [0.1, 0.15) is 0 Å². The first-order valence-corrected chi connectivity index (χ1v) is 4.60. The molecule has 5 heteroatoms. The van der Waals surface area contributed by atoms with E-state index in [-0.39, 0.29) is 0 Å². The fourth-order valence-corrected chi connectivity index (χ4v) is 1.89. The minimum Gasteiger partial charge on any atom is -0.365 e. The Labute approximate surface area is 78.4 Å². The third kappa shape index (κ3) is 1.23. The highest BCUT2D eigenvalue weighted by Gasteiger charge is 2.02. The Morgan fingerprint density at radius 2 is 2.25 bits per heavy atom. The standard InChI is InChI=1S/C7H6ClN3S/c1-9-7-10-4-2-3-5(8)11-6(4)12-7/h2-3H,1H3,(H,9,10). The second-order valence-electron chi connectivity index (χ2n) is 2.23. The molecule has 2 heterocycles. The van der Waals surface area contributed by atoms with Crippen molar-refractivity contribution in [2.75, 3.05) is 12.4 Å². The van der Waals surface area contributed by atoms with Crippen LogP contribution in [-0.4, -0.2) is 17.0 Å². The van der Waals surface area contributed by atoms with Crippen molar-refractivity contribution in [2.45, 2.75) is 0 Å². The summed E-state index contributed by atoms with van der Waals surface area (Å²) in [6.07, 6.45) is 0. The fraction of sp³-hybridized carbons (Fsp3) is 0.143. The van der Waals surface area contributed by atoms with E-state index < -0.39 is 0 Å². The van der Waals surface area contributed by atoms with Crippen LogP contribution in [0, 0.1) is 0 Å². The van der Waals surface area contributed by atoms with Crippen LogP contribution < -0.4 is 5.32 Å². The van der Waals surface area contributed by atoms with Crippen molar-refractivity contribution in [3.05, 3.63) is 17.3 Å². The van der Waals surface area contributed by atoms with E-state index in [2.05, 4.69) is 15.3 Å². The lowest BCUT2D eigenvalue weighted by Gasteiger charge is -1.85. The smallest absolute Gasteiger partial charge is 0.185 e. The normalized spacial score (nSPS) is 10.5. The van der Waals surface area contributed by atoms with Gasteiger partial charge in [-0.3, -0.25) is 0 Å². The molecule has 0 aromatic carbocycles. The molecule has 0 unspecified atom stereocenters. The van der Waals surface area contributed by atoms with Gasteiger partial charge in [0, 0.05) is 7.05 Å². The molecule has 62 valence electrons. The predicted molar refractivity (Wildman–Crippen MR) is 52.0 cm³/mol. The maximum Gasteiger partial charge on any atom is 0.185 e. The summed E-state index contributed by atoms with van der Waals surface area (Å²) >= 11 is 7.21. The average molecular weight is 200 g/mol. The molecule has 0 saturated carbocycles. The van der Waals surface area contributed by atoms with Gasteiger partial charge in [-0.2, -0.15) is 0 Å². The largest absolute Gasteiger partial charge is 0.365 e. The van der Waals surface area contributed by atoms with Gasteiger partial charge in [-0.05, 0) is 12.1 Å². The lowest BCUT2D eigenvalue weighted by Crippen LogP contribution is -1.83. The van der Waals surface area contributed by atoms with E-state index in [0.29, 0.717) is 5.15 Å². The molecule has 0 aliphatic rings. The van der Waals surface area contributed by atoms with E-state index in [1.54, 1.807) is 6.07 Å². The number of fused-ring (bicyclic) bond motifs is 1. The third-order valence-electron chi connectivity index (χ3n) is 1.44. The number of pyridine rings is 1. The summed E-state index contributed by atoms with van der Waals surface area (Å²) in [5.74, 6) is 0. The van der Waals surface area contributed by atoms with E-state index in [0.717, 1.165) is 15.5 Å². The van der Waals surface area contributed by atoms with Gasteiger partial charge in [0.15, 0.2) is 5.13 Å². The number of anilines is 1.